The molecule has 1 unspecified atom stereocenters. The van der Waals surface area contributed by atoms with Gasteiger partial charge in [-0.3, -0.25) is 4.98 Å². The molecule has 1 N–H and O–H groups in total. The maximum absolute atomic E-state index is 11.8. The van der Waals surface area contributed by atoms with Crippen LogP contribution in [0.1, 0.15) is 25.1 Å². The number of hydrogen-bond acceptors (Lipinski definition) is 6. The van der Waals surface area contributed by atoms with E-state index in [9.17, 15) is 9.59 Å². The fourth-order valence-corrected chi connectivity index (χ4v) is 2.30. The Morgan fingerprint density at radius 1 is 1.50 bits per heavy atom. The largest absolute Gasteiger partial charge is 0.467 e. The summed E-state index contributed by atoms with van der Waals surface area (Å²) in [6, 6.07) is 3.14. The second-order valence-corrected chi connectivity index (χ2v) is 4.56. The van der Waals surface area contributed by atoms with Crippen molar-refractivity contribution in [2.45, 2.75) is 26.8 Å². The zero-order valence-electron chi connectivity index (χ0n) is 13.5. The van der Waals surface area contributed by atoms with E-state index in [0.29, 0.717) is 31.0 Å². The summed E-state index contributed by atoms with van der Waals surface area (Å²) >= 11 is 0. The van der Waals surface area contributed by atoms with Crippen LogP contribution in [0, 0.1) is 6.92 Å². The normalized spacial score (nSPS) is 16.9. The lowest BCUT2D eigenvalue weighted by atomic mass is 10.1. The van der Waals surface area contributed by atoms with Gasteiger partial charge in [0.1, 0.15) is 17.4 Å². The van der Waals surface area contributed by atoms with Crippen LogP contribution >= 0.6 is 0 Å². The summed E-state index contributed by atoms with van der Waals surface area (Å²) in [6.45, 7) is 7.52. The lowest BCUT2D eigenvalue weighted by Crippen LogP contribution is -2.54. The number of nitrogens with one attached hydrogen (secondary N) is 1. The monoisotopic (exact) mass is 305 g/mol. The molecule has 0 aliphatic carbocycles. The molecule has 120 valence electrons. The van der Waals surface area contributed by atoms with Gasteiger partial charge in [-0.25, -0.2) is 9.59 Å². The average Bonchev–Trinajstić information content (AvgIpc) is 2.59. The predicted molar refractivity (Wildman–Crippen MR) is 84.8 cm³/mol. The van der Waals surface area contributed by atoms with E-state index in [1.165, 1.54) is 7.11 Å². The van der Waals surface area contributed by atoms with Gasteiger partial charge in [0.05, 0.1) is 7.11 Å². The molecule has 1 aromatic heterocycles. The molecule has 1 fully saturated rings. The molecule has 1 aromatic rings. The van der Waals surface area contributed by atoms with Gasteiger partial charge >= 0.3 is 5.97 Å². The van der Waals surface area contributed by atoms with Crippen molar-refractivity contribution in [2.24, 2.45) is 0 Å². The zero-order chi connectivity index (χ0) is 16.5. The number of carbonyl (C=O) groups is 1. The molecule has 0 amide bonds. The van der Waals surface area contributed by atoms with Crippen LogP contribution in [0.25, 0.3) is 5.70 Å². The van der Waals surface area contributed by atoms with E-state index >= 15 is 0 Å². The van der Waals surface area contributed by atoms with E-state index < -0.39 is 6.04 Å². The van der Waals surface area contributed by atoms with Gasteiger partial charge in [0.2, 0.25) is 0 Å². The van der Waals surface area contributed by atoms with E-state index in [1.807, 2.05) is 32.8 Å². The Balaban J connectivity index is 0.00000116. The van der Waals surface area contributed by atoms with Crippen molar-refractivity contribution >= 4 is 17.6 Å². The summed E-state index contributed by atoms with van der Waals surface area (Å²) in [5.41, 5.74) is 1.73. The summed E-state index contributed by atoms with van der Waals surface area (Å²) in [6.07, 6.45) is 1.62. The third-order valence-corrected chi connectivity index (χ3v) is 3.33. The van der Waals surface area contributed by atoms with Crippen LogP contribution in [0.15, 0.2) is 18.3 Å². The Morgan fingerprint density at radius 3 is 2.82 bits per heavy atom. The molecule has 6 heteroatoms. The van der Waals surface area contributed by atoms with Gasteiger partial charge in [0.25, 0.3) is 0 Å². The Bertz CT molecular complexity index is 553. The average molecular weight is 305 g/mol. The topological polar surface area (TPSA) is 71.5 Å². The lowest BCUT2D eigenvalue weighted by Gasteiger charge is -2.35. The number of aryl methyl sites for hydroxylation is 1. The molecule has 2 rings (SSSR count). The number of carbonyl (C=O) groups excluding carboxylic acids is 2. The fourth-order valence-electron chi connectivity index (χ4n) is 2.30. The van der Waals surface area contributed by atoms with Gasteiger partial charge in [-0.2, -0.15) is 0 Å². The Hall–Kier alpha value is -2.17. The van der Waals surface area contributed by atoms with Crippen molar-refractivity contribution in [1.29, 1.82) is 0 Å². The summed E-state index contributed by atoms with van der Waals surface area (Å²) in [5, 5.41) is 3.12. The number of pyridine rings is 1. The molecule has 1 aliphatic heterocycles. The minimum atomic E-state index is -0.536. The quantitative estimate of drug-likeness (QED) is 0.664. The van der Waals surface area contributed by atoms with Crippen LogP contribution < -0.4 is 5.32 Å². The first-order valence-electron chi connectivity index (χ1n) is 7.41. The highest BCUT2D eigenvalue weighted by atomic mass is 16.5. The molecule has 6 nitrogen and oxygen atoms in total. The molecule has 0 spiro atoms. The smallest absolute Gasteiger partial charge is 0.329 e. The lowest BCUT2D eigenvalue weighted by molar-refractivity contribution is -0.146. The van der Waals surface area contributed by atoms with Gasteiger partial charge < -0.3 is 15.0 Å². The molecule has 1 atom stereocenters. The summed E-state index contributed by atoms with van der Waals surface area (Å²) in [5.74, 6) is 1.56. The molecule has 2 heterocycles. The molecular weight excluding hydrogens is 282 g/mol. The molecule has 0 radical (unpaired) electrons. The summed E-state index contributed by atoms with van der Waals surface area (Å²) < 4.78 is 4.80. The standard InChI is InChI=1S/C14H17N3O3.C2H6/c1-10-4-3-5-16-13(10)12(9-18)17-7-6-15-8-11(17)14(19)20-2;1-2/h3-5,11,15H,6-8H2,1-2H3;1-2H3. The number of piperazine rings is 1. The van der Waals surface area contributed by atoms with E-state index in [-0.39, 0.29) is 5.97 Å². The van der Waals surface area contributed by atoms with Crippen molar-refractivity contribution in [3.63, 3.8) is 0 Å². The van der Waals surface area contributed by atoms with Gasteiger partial charge in [0.15, 0.2) is 5.94 Å². The van der Waals surface area contributed by atoms with Crippen molar-refractivity contribution in [3.05, 3.63) is 29.6 Å². The number of methoxy groups -OCH3 is 1. The molecule has 1 aliphatic rings. The summed E-state index contributed by atoms with van der Waals surface area (Å²) in [4.78, 5) is 29.2. The number of esters is 1. The highest BCUT2D eigenvalue weighted by Gasteiger charge is 2.32. The Kier molecular flexibility index (Phi) is 7.29. The number of aromatic nitrogens is 1. The third-order valence-electron chi connectivity index (χ3n) is 3.33. The van der Waals surface area contributed by atoms with Crippen LogP contribution in [-0.4, -0.2) is 54.6 Å². The van der Waals surface area contributed by atoms with Crippen LogP contribution in [0.5, 0.6) is 0 Å². The Labute approximate surface area is 131 Å². The first-order valence-corrected chi connectivity index (χ1v) is 7.41. The molecular formula is C16H23N3O3. The first kappa shape index (κ1) is 17.9. The van der Waals surface area contributed by atoms with Gasteiger partial charge in [-0.05, 0) is 18.6 Å². The SMILES string of the molecule is CC.COC(=O)C1CNCCN1C(=C=O)c1ncccc1C. The highest BCUT2D eigenvalue weighted by molar-refractivity contribution is 5.89. The number of rotatable bonds is 3. The third kappa shape index (κ3) is 3.93. The van der Waals surface area contributed by atoms with Crippen molar-refractivity contribution in [1.82, 2.24) is 15.2 Å². The number of hydrogen-bond donors (Lipinski definition) is 1. The number of ether oxygens (including phenoxy) is 1. The van der Waals surface area contributed by atoms with E-state index in [1.54, 1.807) is 17.2 Å². The predicted octanol–water partition coefficient (Wildman–Crippen LogP) is 1.04. The fraction of sp³-hybridized carbons (Fsp3) is 0.500. The van der Waals surface area contributed by atoms with E-state index in [4.69, 9.17) is 4.74 Å². The Morgan fingerprint density at radius 2 is 2.23 bits per heavy atom. The van der Waals surface area contributed by atoms with Crippen molar-refractivity contribution < 1.29 is 14.3 Å². The van der Waals surface area contributed by atoms with Gasteiger partial charge in [0, 0.05) is 25.8 Å². The minimum absolute atomic E-state index is 0.306. The summed E-state index contributed by atoms with van der Waals surface area (Å²) in [7, 11) is 1.34. The maximum atomic E-state index is 11.8. The second kappa shape index (κ2) is 8.97. The molecule has 0 saturated carbocycles. The minimum Gasteiger partial charge on any atom is -0.467 e. The van der Waals surface area contributed by atoms with Gasteiger partial charge in [-0.1, -0.05) is 19.9 Å². The van der Waals surface area contributed by atoms with Crippen molar-refractivity contribution in [2.75, 3.05) is 26.7 Å². The van der Waals surface area contributed by atoms with Crippen LogP contribution in [0.3, 0.4) is 0 Å². The molecule has 0 aromatic carbocycles. The molecule has 22 heavy (non-hydrogen) atoms. The maximum Gasteiger partial charge on any atom is 0.329 e. The molecule has 0 bridgehead atoms. The van der Waals surface area contributed by atoms with Crippen molar-refractivity contribution in [3.8, 4) is 0 Å². The number of nitrogens with zero attached hydrogens (tertiary/aromatic N) is 2. The van der Waals surface area contributed by atoms with Crippen LogP contribution in [-0.2, 0) is 14.3 Å². The van der Waals surface area contributed by atoms with Crippen LogP contribution in [0.2, 0.25) is 0 Å². The van der Waals surface area contributed by atoms with E-state index in [0.717, 1.165) is 5.56 Å². The van der Waals surface area contributed by atoms with Crippen LogP contribution in [0.4, 0.5) is 0 Å². The molecule has 1 saturated heterocycles. The zero-order valence-corrected chi connectivity index (χ0v) is 13.5. The van der Waals surface area contributed by atoms with Gasteiger partial charge in [-0.15, -0.1) is 0 Å². The van der Waals surface area contributed by atoms with E-state index in [2.05, 4.69) is 10.3 Å². The first-order chi connectivity index (χ1) is 10.7. The highest BCUT2D eigenvalue weighted by Crippen LogP contribution is 2.21. The second-order valence-electron chi connectivity index (χ2n) is 4.56.